The molecule has 3 rings (SSSR count). The SMILES string of the molecule is Cc1ccccc1CN(C(=O)Cc1c(Cl)cccc1Cl)[C@@H](C)C(=O)NC1CCCCC1. The minimum absolute atomic E-state index is 0.0471. The second-order valence-electron chi connectivity index (χ2n) is 8.34. The number of amides is 2. The molecule has 2 aromatic carbocycles. The minimum atomic E-state index is -0.602. The molecule has 2 aromatic rings. The van der Waals surface area contributed by atoms with Gasteiger partial charge in [-0.2, -0.15) is 0 Å². The number of nitrogens with zero attached hydrogens (tertiary/aromatic N) is 1. The van der Waals surface area contributed by atoms with Crippen molar-refractivity contribution in [1.82, 2.24) is 10.2 Å². The molecule has 1 N–H and O–H groups in total. The number of carbonyl (C=O) groups excluding carboxylic acids is 2. The van der Waals surface area contributed by atoms with Crippen LogP contribution >= 0.6 is 23.2 Å². The largest absolute Gasteiger partial charge is 0.352 e. The van der Waals surface area contributed by atoms with E-state index in [4.69, 9.17) is 23.2 Å². The smallest absolute Gasteiger partial charge is 0.242 e. The topological polar surface area (TPSA) is 49.4 Å². The van der Waals surface area contributed by atoms with Gasteiger partial charge in [-0.15, -0.1) is 0 Å². The Bertz CT molecular complexity index is 905. The number of halogens is 2. The van der Waals surface area contributed by atoms with E-state index >= 15 is 0 Å². The summed E-state index contributed by atoms with van der Waals surface area (Å²) in [7, 11) is 0. The maximum Gasteiger partial charge on any atom is 0.242 e. The molecule has 1 fully saturated rings. The van der Waals surface area contributed by atoms with Crippen molar-refractivity contribution in [3.05, 3.63) is 69.2 Å². The lowest BCUT2D eigenvalue weighted by Gasteiger charge is -2.31. The van der Waals surface area contributed by atoms with Crippen molar-refractivity contribution in [2.45, 2.75) is 71.0 Å². The molecule has 0 heterocycles. The average Bonchev–Trinajstić information content (AvgIpc) is 2.76. The number of nitrogens with one attached hydrogen (secondary N) is 1. The van der Waals surface area contributed by atoms with Gasteiger partial charge in [-0.05, 0) is 55.5 Å². The van der Waals surface area contributed by atoms with Crippen LogP contribution in [0.4, 0.5) is 0 Å². The van der Waals surface area contributed by atoms with Gasteiger partial charge in [0, 0.05) is 22.6 Å². The Morgan fingerprint density at radius 1 is 1.03 bits per heavy atom. The van der Waals surface area contributed by atoms with Crippen LogP contribution in [0.2, 0.25) is 10.0 Å². The van der Waals surface area contributed by atoms with Gasteiger partial charge in [0.05, 0.1) is 6.42 Å². The minimum Gasteiger partial charge on any atom is -0.352 e. The maximum absolute atomic E-state index is 13.4. The number of hydrogen-bond donors (Lipinski definition) is 1. The van der Waals surface area contributed by atoms with E-state index in [1.807, 2.05) is 31.2 Å². The van der Waals surface area contributed by atoms with Gasteiger partial charge in [-0.3, -0.25) is 9.59 Å². The van der Waals surface area contributed by atoms with Gasteiger partial charge in [0.25, 0.3) is 0 Å². The highest BCUT2D eigenvalue weighted by molar-refractivity contribution is 6.36. The Morgan fingerprint density at radius 3 is 2.32 bits per heavy atom. The monoisotopic (exact) mass is 460 g/mol. The Kier molecular flexibility index (Phi) is 8.39. The van der Waals surface area contributed by atoms with Gasteiger partial charge < -0.3 is 10.2 Å². The van der Waals surface area contributed by atoms with Crippen molar-refractivity contribution in [3.8, 4) is 0 Å². The van der Waals surface area contributed by atoms with Crippen molar-refractivity contribution in [1.29, 1.82) is 0 Å². The normalized spacial score (nSPS) is 15.4. The van der Waals surface area contributed by atoms with Crippen LogP contribution in [-0.4, -0.2) is 28.8 Å². The molecule has 1 aliphatic rings. The zero-order valence-corrected chi connectivity index (χ0v) is 19.7. The summed E-state index contributed by atoms with van der Waals surface area (Å²) in [5.74, 6) is -0.288. The molecule has 0 bridgehead atoms. The van der Waals surface area contributed by atoms with Crippen LogP contribution < -0.4 is 5.32 Å². The quantitative estimate of drug-likeness (QED) is 0.574. The molecule has 1 saturated carbocycles. The molecule has 0 unspecified atom stereocenters. The number of hydrogen-bond acceptors (Lipinski definition) is 2. The van der Waals surface area contributed by atoms with E-state index in [2.05, 4.69) is 5.32 Å². The van der Waals surface area contributed by atoms with Gasteiger partial charge in [-0.1, -0.05) is 72.8 Å². The van der Waals surface area contributed by atoms with Gasteiger partial charge in [0.2, 0.25) is 11.8 Å². The predicted molar refractivity (Wildman–Crippen MR) is 126 cm³/mol. The Labute approximate surface area is 194 Å². The number of carbonyl (C=O) groups is 2. The first-order chi connectivity index (χ1) is 14.9. The van der Waals surface area contributed by atoms with Gasteiger partial charge in [0.1, 0.15) is 6.04 Å². The lowest BCUT2D eigenvalue weighted by molar-refractivity contribution is -0.140. The molecule has 31 heavy (non-hydrogen) atoms. The summed E-state index contributed by atoms with van der Waals surface area (Å²) < 4.78 is 0. The zero-order valence-electron chi connectivity index (χ0n) is 18.2. The van der Waals surface area contributed by atoms with Gasteiger partial charge in [0.15, 0.2) is 0 Å². The highest BCUT2D eigenvalue weighted by atomic mass is 35.5. The number of aryl methyl sites for hydroxylation is 1. The third kappa shape index (κ3) is 6.24. The fraction of sp³-hybridized carbons (Fsp3) is 0.440. The molecule has 0 radical (unpaired) electrons. The molecule has 166 valence electrons. The first kappa shape index (κ1) is 23.6. The zero-order chi connectivity index (χ0) is 22.4. The molecule has 6 heteroatoms. The Hall–Kier alpha value is -2.04. The van der Waals surface area contributed by atoms with E-state index < -0.39 is 6.04 Å². The maximum atomic E-state index is 13.4. The van der Waals surface area contributed by atoms with Crippen molar-refractivity contribution in [2.75, 3.05) is 0 Å². The molecule has 0 saturated heterocycles. The van der Waals surface area contributed by atoms with Crippen molar-refractivity contribution >= 4 is 35.0 Å². The van der Waals surface area contributed by atoms with Crippen molar-refractivity contribution < 1.29 is 9.59 Å². The fourth-order valence-corrected chi connectivity index (χ4v) is 4.61. The Balaban J connectivity index is 1.82. The van der Waals surface area contributed by atoms with Gasteiger partial charge >= 0.3 is 0 Å². The number of benzene rings is 2. The van der Waals surface area contributed by atoms with Crippen molar-refractivity contribution in [2.24, 2.45) is 0 Å². The molecule has 0 spiro atoms. The third-order valence-corrected chi connectivity index (χ3v) is 6.82. The van der Waals surface area contributed by atoms with Crippen LogP contribution in [-0.2, 0) is 22.6 Å². The molecule has 0 aromatic heterocycles. The molecule has 1 aliphatic carbocycles. The summed E-state index contributed by atoms with van der Waals surface area (Å²) >= 11 is 12.6. The summed E-state index contributed by atoms with van der Waals surface area (Å²) in [5, 5.41) is 4.07. The first-order valence-electron chi connectivity index (χ1n) is 10.9. The van der Waals surface area contributed by atoms with E-state index in [0.717, 1.165) is 36.8 Å². The van der Waals surface area contributed by atoms with E-state index in [9.17, 15) is 9.59 Å². The lowest BCUT2D eigenvalue weighted by atomic mass is 9.95. The van der Waals surface area contributed by atoms with Crippen LogP contribution in [0, 0.1) is 6.92 Å². The number of rotatable bonds is 7. The molecular weight excluding hydrogens is 431 g/mol. The fourth-order valence-electron chi connectivity index (χ4n) is 4.08. The second-order valence-corrected chi connectivity index (χ2v) is 9.16. The van der Waals surface area contributed by atoms with E-state index in [-0.39, 0.29) is 24.3 Å². The summed E-state index contributed by atoms with van der Waals surface area (Å²) in [6, 6.07) is 12.7. The molecular formula is C25H30Cl2N2O2. The first-order valence-corrected chi connectivity index (χ1v) is 11.7. The van der Waals surface area contributed by atoms with Crippen molar-refractivity contribution in [3.63, 3.8) is 0 Å². The summed E-state index contributed by atoms with van der Waals surface area (Å²) in [6.07, 6.45) is 5.54. The highest BCUT2D eigenvalue weighted by Gasteiger charge is 2.29. The van der Waals surface area contributed by atoms with Crippen LogP contribution in [0.15, 0.2) is 42.5 Å². The van der Waals surface area contributed by atoms with E-state index in [1.54, 1.807) is 30.0 Å². The van der Waals surface area contributed by atoms with Crippen LogP contribution in [0.25, 0.3) is 0 Å². The molecule has 2 amide bonds. The second kappa shape index (κ2) is 11.0. The van der Waals surface area contributed by atoms with Crippen LogP contribution in [0.1, 0.15) is 55.7 Å². The van der Waals surface area contributed by atoms with E-state index in [0.29, 0.717) is 22.2 Å². The summed E-state index contributed by atoms with van der Waals surface area (Å²) in [5.41, 5.74) is 2.68. The van der Waals surface area contributed by atoms with E-state index in [1.165, 1.54) is 6.42 Å². The van der Waals surface area contributed by atoms with Crippen LogP contribution in [0.5, 0.6) is 0 Å². The predicted octanol–water partition coefficient (Wildman–Crippen LogP) is 5.71. The average molecular weight is 461 g/mol. The van der Waals surface area contributed by atoms with Crippen LogP contribution in [0.3, 0.4) is 0 Å². The third-order valence-electron chi connectivity index (χ3n) is 6.11. The molecule has 1 atom stereocenters. The standard InChI is InChI=1S/C25H30Cl2N2O2/c1-17-9-6-7-10-19(17)16-29(18(2)25(31)28-20-11-4-3-5-12-20)24(30)15-21-22(26)13-8-14-23(21)27/h6-10,13-14,18,20H,3-5,11-12,15-16H2,1-2H3,(H,28,31)/t18-/m0/s1. The summed E-state index contributed by atoms with van der Waals surface area (Å²) in [4.78, 5) is 28.1. The highest BCUT2D eigenvalue weighted by Crippen LogP contribution is 2.26. The lowest BCUT2D eigenvalue weighted by Crippen LogP contribution is -2.50. The molecule has 4 nitrogen and oxygen atoms in total. The van der Waals surface area contributed by atoms with Gasteiger partial charge in [-0.25, -0.2) is 0 Å². The Morgan fingerprint density at radius 2 is 1.68 bits per heavy atom. The summed E-state index contributed by atoms with van der Waals surface area (Å²) in [6.45, 7) is 4.16. The molecule has 0 aliphatic heterocycles.